The van der Waals surface area contributed by atoms with Crippen LogP contribution < -0.4 is 0 Å². The van der Waals surface area contributed by atoms with Crippen molar-refractivity contribution in [2.24, 2.45) is 23.7 Å². The van der Waals surface area contributed by atoms with Gasteiger partial charge in [-0.15, -0.1) is 0 Å². The van der Waals surface area contributed by atoms with Gasteiger partial charge in [0.2, 0.25) is 0 Å². The molecule has 2 aliphatic carbocycles. The quantitative estimate of drug-likeness (QED) is 0.575. The lowest BCUT2D eigenvalue weighted by Crippen LogP contribution is -2.23. The van der Waals surface area contributed by atoms with Crippen LogP contribution in [0.5, 0.6) is 0 Å². The third-order valence-corrected chi connectivity index (χ3v) is 4.93. The van der Waals surface area contributed by atoms with Crippen molar-refractivity contribution in [2.75, 3.05) is 0 Å². The van der Waals surface area contributed by atoms with Crippen molar-refractivity contribution in [1.82, 2.24) is 0 Å². The van der Waals surface area contributed by atoms with Gasteiger partial charge in [-0.3, -0.25) is 19.2 Å². The van der Waals surface area contributed by atoms with Crippen molar-refractivity contribution in [3.63, 3.8) is 0 Å². The van der Waals surface area contributed by atoms with Crippen LogP contribution in [0.1, 0.15) is 12.8 Å². The van der Waals surface area contributed by atoms with Gasteiger partial charge in [0.05, 0.1) is 23.7 Å². The van der Waals surface area contributed by atoms with E-state index in [1.807, 2.05) is 12.2 Å². The molecule has 6 heteroatoms. The van der Waals surface area contributed by atoms with Crippen molar-refractivity contribution in [3.05, 3.63) is 47.6 Å². The number of allylic oxidation sites excluding steroid dienone is 4. The average Bonchev–Trinajstić information content (AvgIpc) is 3.03. The molecular weight excluding hydrogens is 312 g/mol. The molecular formula is C18H14O6. The molecule has 0 N–H and O–H groups in total. The number of carbonyl (C=O) groups is 4. The minimum Gasteiger partial charge on any atom is -0.392 e. The fourth-order valence-corrected chi connectivity index (χ4v) is 3.74. The lowest BCUT2D eigenvalue weighted by molar-refractivity contribution is -0.155. The standard InChI is InChI=1S/C18H14O6/c19-15-11-5-1-3-9(13(11)17(21)23-15)7-8-10-4-2-6-12-14(10)18(22)24-16(12)20/h1-6,11-14H,7-8H2. The van der Waals surface area contributed by atoms with E-state index >= 15 is 0 Å². The molecule has 0 aromatic rings. The van der Waals surface area contributed by atoms with E-state index in [1.165, 1.54) is 0 Å². The molecule has 6 nitrogen and oxygen atoms in total. The van der Waals surface area contributed by atoms with Gasteiger partial charge < -0.3 is 9.47 Å². The number of carbonyl (C=O) groups excluding carboxylic acids is 4. The molecule has 0 aromatic carbocycles. The lowest BCUT2D eigenvalue weighted by Gasteiger charge is -2.21. The largest absolute Gasteiger partial charge is 0.392 e. The van der Waals surface area contributed by atoms with E-state index in [1.54, 1.807) is 24.3 Å². The topological polar surface area (TPSA) is 86.7 Å². The van der Waals surface area contributed by atoms with Crippen LogP contribution in [-0.4, -0.2) is 23.9 Å². The first kappa shape index (κ1) is 14.8. The summed E-state index contributed by atoms with van der Waals surface area (Å²) in [6.45, 7) is 0. The number of cyclic esters (lactones) is 4. The van der Waals surface area contributed by atoms with Crippen molar-refractivity contribution in [3.8, 4) is 0 Å². The van der Waals surface area contributed by atoms with E-state index in [4.69, 9.17) is 9.47 Å². The summed E-state index contributed by atoms with van der Waals surface area (Å²) in [5.74, 6) is -4.33. The summed E-state index contributed by atoms with van der Waals surface area (Å²) in [7, 11) is 0. The highest BCUT2D eigenvalue weighted by Crippen LogP contribution is 2.40. The Kier molecular flexibility index (Phi) is 3.33. The third kappa shape index (κ3) is 2.18. The highest BCUT2D eigenvalue weighted by molar-refractivity contribution is 6.00. The van der Waals surface area contributed by atoms with Crippen LogP contribution in [0.2, 0.25) is 0 Å². The normalized spacial score (nSPS) is 33.7. The monoisotopic (exact) mass is 326 g/mol. The van der Waals surface area contributed by atoms with Gasteiger partial charge in [-0.2, -0.15) is 0 Å². The molecule has 2 saturated heterocycles. The van der Waals surface area contributed by atoms with E-state index < -0.39 is 47.5 Å². The molecule has 0 amide bonds. The molecule has 4 aliphatic rings. The van der Waals surface area contributed by atoms with Crippen LogP contribution in [-0.2, 0) is 28.7 Å². The molecule has 2 aliphatic heterocycles. The number of ether oxygens (including phenoxy) is 2. The van der Waals surface area contributed by atoms with Gasteiger partial charge in [0.25, 0.3) is 0 Å². The van der Waals surface area contributed by atoms with Crippen molar-refractivity contribution < 1.29 is 28.7 Å². The van der Waals surface area contributed by atoms with E-state index in [0.29, 0.717) is 12.8 Å². The Morgan fingerprint density at radius 1 is 0.667 bits per heavy atom. The number of rotatable bonds is 3. The maximum atomic E-state index is 11.9. The summed E-state index contributed by atoms with van der Waals surface area (Å²) in [6, 6.07) is 0. The predicted molar refractivity (Wildman–Crippen MR) is 79.8 cm³/mol. The first-order valence-electron chi connectivity index (χ1n) is 7.82. The molecule has 0 spiro atoms. The molecule has 0 saturated carbocycles. The molecule has 24 heavy (non-hydrogen) atoms. The predicted octanol–water partition coefficient (Wildman–Crippen LogP) is 1.39. The minimum atomic E-state index is -0.574. The summed E-state index contributed by atoms with van der Waals surface area (Å²) in [5, 5.41) is 0. The Hall–Kier alpha value is -2.76. The third-order valence-electron chi connectivity index (χ3n) is 4.93. The molecule has 0 radical (unpaired) electrons. The van der Waals surface area contributed by atoms with Gasteiger partial charge in [-0.05, 0) is 12.8 Å². The van der Waals surface area contributed by atoms with Crippen LogP contribution in [0.25, 0.3) is 0 Å². The molecule has 2 fully saturated rings. The Morgan fingerprint density at radius 2 is 1.08 bits per heavy atom. The summed E-state index contributed by atoms with van der Waals surface area (Å²) in [6.07, 6.45) is 11.5. The van der Waals surface area contributed by atoms with E-state index in [0.717, 1.165) is 11.1 Å². The van der Waals surface area contributed by atoms with Gasteiger partial charge in [-0.1, -0.05) is 47.6 Å². The summed E-state index contributed by atoms with van der Waals surface area (Å²) < 4.78 is 9.43. The second kappa shape index (κ2) is 5.40. The van der Waals surface area contributed by atoms with Crippen LogP contribution in [0, 0.1) is 23.7 Å². The maximum Gasteiger partial charge on any atom is 0.321 e. The number of hydrogen-bond donors (Lipinski definition) is 0. The highest BCUT2D eigenvalue weighted by atomic mass is 16.6. The van der Waals surface area contributed by atoms with Crippen LogP contribution in [0.3, 0.4) is 0 Å². The van der Waals surface area contributed by atoms with Gasteiger partial charge in [-0.25, -0.2) is 0 Å². The highest BCUT2D eigenvalue weighted by Gasteiger charge is 2.47. The van der Waals surface area contributed by atoms with Crippen molar-refractivity contribution >= 4 is 23.9 Å². The van der Waals surface area contributed by atoms with Crippen LogP contribution >= 0.6 is 0 Å². The van der Waals surface area contributed by atoms with Crippen LogP contribution in [0.15, 0.2) is 47.6 Å². The first-order valence-corrected chi connectivity index (χ1v) is 7.82. The zero-order chi connectivity index (χ0) is 16.8. The smallest absolute Gasteiger partial charge is 0.321 e. The molecule has 4 unspecified atom stereocenters. The lowest BCUT2D eigenvalue weighted by atomic mass is 9.78. The zero-order valence-corrected chi connectivity index (χ0v) is 12.6. The van der Waals surface area contributed by atoms with Crippen LogP contribution in [0.4, 0.5) is 0 Å². The van der Waals surface area contributed by atoms with E-state index in [-0.39, 0.29) is 0 Å². The Balaban J connectivity index is 1.51. The summed E-state index contributed by atoms with van der Waals surface area (Å²) >= 11 is 0. The van der Waals surface area contributed by atoms with Gasteiger partial charge in [0.15, 0.2) is 0 Å². The molecule has 4 atom stereocenters. The fraction of sp³-hybridized carbons (Fsp3) is 0.333. The summed E-state index contributed by atoms with van der Waals surface area (Å²) in [5.41, 5.74) is 1.62. The second-order valence-electron chi connectivity index (χ2n) is 6.24. The Labute approximate surface area is 137 Å². The fourth-order valence-electron chi connectivity index (χ4n) is 3.74. The summed E-state index contributed by atoms with van der Waals surface area (Å²) in [4.78, 5) is 47.1. The van der Waals surface area contributed by atoms with E-state index in [2.05, 4.69) is 0 Å². The average molecular weight is 326 g/mol. The first-order chi connectivity index (χ1) is 11.6. The van der Waals surface area contributed by atoms with Gasteiger partial charge in [0, 0.05) is 0 Å². The van der Waals surface area contributed by atoms with Gasteiger partial charge in [0.1, 0.15) is 0 Å². The van der Waals surface area contributed by atoms with Gasteiger partial charge >= 0.3 is 23.9 Å². The molecule has 0 aromatic heterocycles. The number of esters is 4. The van der Waals surface area contributed by atoms with Crippen molar-refractivity contribution in [2.45, 2.75) is 12.8 Å². The zero-order valence-electron chi connectivity index (χ0n) is 12.6. The molecule has 4 rings (SSSR count). The minimum absolute atomic E-state index is 0.512. The number of fused-ring (bicyclic) bond motifs is 2. The Bertz CT molecular complexity index is 715. The molecule has 2 heterocycles. The maximum absolute atomic E-state index is 11.9. The Morgan fingerprint density at radius 3 is 1.50 bits per heavy atom. The number of hydrogen-bond acceptors (Lipinski definition) is 6. The SMILES string of the molecule is O=C1OC(=O)C2C(CCC3=CC=CC4C(=O)OC(=O)C34)=CC=CC12. The van der Waals surface area contributed by atoms with E-state index in [9.17, 15) is 19.2 Å². The molecule has 0 bridgehead atoms. The van der Waals surface area contributed by atoms with Crippen molar-refractivity contribution in [1.29, 1.82) is 0 Å². The second-order valence-corrected chi connectivity index (χ2v) is 6.24. The molecule has 122 valence electrons.